The number of nitrogens with one attached hydrogen (secondary N) is 1. The van der Waals surface area contributed by atoms with E-state index in [9.17, 15) is 4.79 Å². The second-order valence-corrected chi connectivity index (χ2v) is 3.88. The Labute approximate surface area is 107 Å². The van der Waals surface area contributed by atoms with Crippen molar-refractivity contribution in [3.05, 3.63) is 24.3 Å². The molecule has 0 fully saturated rings. The van der Waals surface area contributed by atoms with E-state index in [0.29, 0.717) is 18.8 Å². The van der Waals surface area contributed by atoms with Crippen LogP contribution in [0, 0.1) is 0 Å². The molecule has 1 atom stereocenters. The molecule has 5 heteroatoms. The number of nitrogens with zero attached hydrogens (tertiary/aromatic N) is 1. The number of phenols is 1. The number of benzene rings is 1. The molecule has 0 heterocycles. The first-order chi connectivity index (χ1) is 8.56. The van der Waals surface area contributed by atoms with Crippen LogP contribution in [0.1, 0.15) is 20.8 Å². The summed E-state index contributed by atoms with van der Waals surface area (Å²) < 4.78 is 5.51. The minimum Gasteiger partial charge on any atom is -0.508 e. The van der Waals surface area contributed by atoms with Crippen molar-refractivity contribution in [1.82, 2.24) is 10.2 Å². The number of amides is 2. The van der Waals surface area contributed by atoms with E-state index in [2.05, 4.69) is 5.32 Å². The number of urea groups is 1. The van der Waals surface area contributed by atoms with Crippen molar-refractivity contribution in [1.29, 1.82) is 0 Å². The van der Waals surface area contributed by atoms with E-state index in [0.717, 1.165) is 0 Å². The van der Waals surface area contributed by atoms with Crippen LogP contribution >= 0.6 is 0 Å². The second-order valence-electron chi connectivity index (χ2n) is 3.88. The van der Waals surface area contributed by atoms with Gasteiger partial charge in [0.1, 0.15) is 11.5 Å². The third-order valence-corrected chi connectivity index (χ3v) is 2.53. The molecule has 2 N–H and O–H groups in total. The monoisotopic (exact) mass is 252 g/mol. The molecule has 0 spiro atoms. The molecule has 0 radical (unpaired) electrons. The predicted molar refractivity (Wildman–Crippen MR) is 69.6 cm³/mol. The van der Waals surface area contributed by atoms with Crippen LogP contribution in [0.3, 0.4) is 0 Å². The van der Waals surface area contributed by atoms with Gasteiger partial charge in [-0.25, -0.2) is 4.79 Å². The third kappa shape index (κ3) is 4.16. The van der Waals surface area contributed by atoms with Crippen molar-refractivity contribution in [3.63, 3.8) is 0 Å². The summed E-state index contributed by atoms with van der Waals surface area (Å²) in [7, 11) is 0. The third-order valence-electron chi connectivity index (χ3n) is 2.53. The van der Waals surface area contributed by atoms with Crippen LogP contribution in [0.25, 0.3) is 0 Å². The quantitative estimate of drug-likeness (QED) is 0.789. The fourth-order valence-electron chi connectivity index (χ4n) is 1.53. The molecule has 0 saturated carbocycles. The van der Waals surface area contributed by atoms with E-state index in [1.807, 2.05) is 13.8 Å². The number of carbonyl (C=O) groups is 1. The molecule has 0 aliphatic carbocycles. The van der Waals surface area contributed by atoms with E-state index in [1.165, 1.54) is 12.1 Å². The second kappa shape index (κ2) is 6.74. The zero-order valence-corrected chi connectivity index (χ0v) is 11.0. The molecule has 1 aromatic rings. The molecular weight excluding hydrogens is 232 g/mol. The number of phenolic OH excluding ortho intramolecular Hbond substituents is 1. The molecular formula is C13H20N2O3. The highest BCUT2D eigenvalue weighted by atomic mass is 16.5. The maximum absolute atomic E-state index is 11.8. The van der Waals surface area contributed by atoms with Gasteiger partial charge in [-0.2, -0.15) is 0 Å². The van der Waals surface area contributed by atoms with Crippen molar-refractivity contribution < 1.29 is 14.6 Å². The highest BCUT2D eigenvalue weighted by Gasteiger charge is 2.13. The Kier molecular flexibility index (Phi) is 5.30. The molecule has 5 nitrogen and oxygen atoms in total. The summed E-state index contributed by atoms with van der Waals surface area (Å²) in [5, 5.41) is 11.9. The van der Waals surface area contributed by atoms with Crippen molar-refractivity contribution in [2.24, 2.45) is 0 Å². The van der Waals surface area contributed by atoms with Gasteiger partial charge in [0, 0.05) is 13.1 Å². The lowest BCUT2D eigenvalue weighted by molar-refractivity contribution is 0.156. The van der Waals surface area contributed by atoms with Gasteiger partial charge >= 0.3 is 6.03 Å². The Bertz CT molecular complexity index is 374. The fourth-order valence-corrected chi connectivity index (χ4v) is 1.53. The van der Waals surface area contributed by atoms with Crippen LogP contribution in [0.15, 0.2) is 24.3 Å². The van der Waals surface area contributed by atoms with E-state index in [4.69, 9.17) is 9.84 Å². The average molecular weight is 252 g/mol. The van der Waals surface area contributed by atoms with E-state index >= 15 is 0 Å². The highest BCUT2D eigenvalue weighted by molar-refractivity contribution is 5.74. The Hall–Kier alpha value is -1.91. The van der Waals surface area contributed by atoms with E-state index in [-0.39, 0.29) is 11.8 Å². The van der Waals surface area contributed by atoms with Crippen LogP contribution in [0.2, 0.25) is 0 Å². The molecule has 1 aromatic carbocycles. The average Bonchev–Trinajstić information content (AvgIpc) is 2.33. The maximum Gasteiger partial charge on any atom is 0.320 e. The molecule has 18 heavy (non-hydrogen) atoms. The largest absolute Gasteiger partial charge is 0.508 e. The summed E-state index contributed by atoms with van der Waals surface area (Å²) in [4.78, 5) is 13.4. The van der Waals surface area contributed by atoms with Gasteiger partial charge in [-0.15, -0.1) is 0 Å². The lowest BCUT2D eigenvalue weighted by Crippen LogP contribution is -2.45. The molecule has 2 amide bonds. The summed E-state index contributed by atoms with van der Waals surface area (Å²) >= 11 is 0. The molecule has 0 saturated heterocycles. The molecule has 100 valence electrons. The van der Waals surface area contributed by atoms with Crippen LogP contribution in [0.4, 0.5) is 4.79 Å². The van der Waals surface area contributed by atoms with Gasteiger partial charge in [0.2, 0.25) is 0 Å². The summed E-state index contributed by atoms with van der Waals surface area (Å²) in [6, 6.07) is 6.22. The first kappa shape index (κ1) is 14.2. The zero-order valence-electron chi connectivity index (χ0n) is 11.0. The summed E-state index contributed by atoms with van der Waals surface area (Å²) in [5.74, 6) is 0.780. The number of hydrogen-bond donors (Lipinski definition) is 2. The topological polar surface area (TPSA) is 61.8 Å². The summed E-state index contributed by atoms with van der Waals surface area (Å²) in [5.41, 5.74) is 0. The molecule has 0 aliphatic rings. The minimum absolute atomic E-state index is 0.147. The highest BCUT2D eigenvalue weighted by Crippen LogP contribution is 2.16. The lowest BCUT2D eigenvalue weighted by Gasteiger charge is -2.23. The number of hydrogen-bond acceptors (Lipinski definition) is 3. The minimum atomic E-state index is -0.428. The maximum atomic E-state index is 11.8. The SMILES string of the molecule is CCN(CC)C(=O)NC(C)Oc1ccc(O)cc1. The number of ether oxygens (including phenoxy) is 1. The normalized spacial score (nSPS) is 11.7. The summed E-state index contributed by atoms with van der Waals surface area (Å²) in [6.07, 6.45) is -0.428. The summed E-state index contributed by atoms with van der Waals surface area (Å²) in [6.45, 7) is 6.93. The standard InChI is InChI=1S/C13H20N2O3/c1-4-15(5-2)13(17)14-10(3)18-12-8-6-11(16)7-9-12/h6-10,16H,4-5H2,1-3H3,(H,14,17). The van der Waals surface area contributed by atoms with Gasteiger partial charge in [-0.1, -0.05) is 0 Å². The van der Waals surface area contributed by atoms with Crippen molar-refractivity contribution >= 4 is 6.03 Å². The van der Waals surface area contributed by atoms with Crippen LogP contribution in [-0.4, -0.2) is 35.4 Å². The molecule has 0 aliphatic heterocycles. The van der Waals surface area contributed by atoms with Crippen LogP contribution in [-0.2, 0) is 0 Å². The van der Waals surface area contributed by atoms with E-state index in [1.54, 1.807) is 24.0 Å². The van der Waals surface area contributed by atoms with Gasteiger partial charge in [-0.3, -0.25) is 0 Å². The number of carbonyl (C=O) groups excluding carboxylic acids is 1. The van der Waals surface area contributed by atoms with Gasteiger partial charge < -0.3 is 20.1 Å². The van der Waals surface area contributed by atoms with Gasteiger partial charge in [-0.05, 0) is 45.0 Å². The Morgan fingerprint density at radius 2 is 1.89 bits per heavy atom. The number of aromatic hydroxyl groups is 1. The Morgan fingerprint density at radius 3 is 2.39 bits per heavy atom. The van der Waals surface area contributed by atoms with Crippen molar-refractivity contribution in [3.8, 4) is 11.5 Å². The molecule has 1 rings (SSSR count). The first-order valence-electron chi connectivity index (χ1n) is 6.08. The smallest absolute Gasteiger partial charge is 0.320 e. The zero-order chi connectivity index (χ0) is 13.5. The number of rotatable bonds is 5. The van der Waals surface area contributed by atoms with Crippen LogP contribution in [0.5, 0.6) is 11.5 Å². The fraction of sp³-hybridized carbons (Fsp3) is 0.462. The van der Waals surface area contributed by atoms with Crippen molar-refractivity contribution in [2.75, 3.05) is 13.1 Å². The first-order valence-corrected chi connectivity index (χ1v) is 6.08. The van der Waals surface area contributed by atoms with Gasteiger partial charge in [0.15, 0.2) is 6.23 Å². The lowest BCUT2D eigenvalue weighted by atomic mass is 10.3. The van der Waals surface area contributed by atoms with Gasteiger partial charge in [0.25, 0.3) is 0 Å². The van der Waals surface area contributed by atoms with Crippen molar-refractivity contribution in [2.45, 2.75) is 27.0 Å². The Morgan fingerprint density at radius 1 is 1.33 bits per heavy atom. The predicted octanol–water partition coefficient (Wildman–Crippen LogP) is 2.17. The molecule has 1 unspecified atom stereocenters. The van der Waals surface area contributed by atoms with Crippen LogP contribution < -0.4 is 10.1 Å². The van der Waals surface area contributed by atoms with Gasteiger partial charge in [0.05, 0.1) is 0 Å². The molecule has 0 bridgehead atoms. The molecule has 0 aromatic heterocycles. The Balaban J connectivity index is 2.48. The van der Waals surface area contributed by atoms with E-state index < -0.39 is 6.23 Å².